The van der Waals surface area contributed by atoms with Crippen LogP contribution in [0.4, 0.5) is 0 Å². The number of hydrogen-bond donors (Lipinski definition) is 2. The third kappa shape index (κ3) is 4.07. The highest BCUT2D eigenvalue weighted by atomic mass is 16.5. The van der Waals surface area contributed by atoms with Crippen LogP contribution in [-0.2, 0) is 0 Å². The maximum Gasteiger partial charge on any atom is 0.292 e. The van der Waals surface area contributed by atoms with Crippen molar-refractivity contribution < 1.29 is 9.32 Å². The van der Waals surface area contributed by atoms with Crippen molar-refractivity contribution in [2.45, 2.75) is 20.3 Å². The molecule has 1 rings (SSSR count). The first-order valence-corrected chi connectivity index (χ1v) is 5.03. The van der Waals surface area contributed by atoms with E-state index in [0.717, 1.165) is 19.5 Å². The Hall–Kier alpha value is -1.43. The number of hydrogen-bond acceptors (Lipinski definition) is 5. The van der Waals surface area contributed by atoms with Crippen LogP contribution in [0.2, 0.25) is 0 Å². The molecule has 0 radical (unpaired) electrons. The monoisotopic (exact) mass is 212 g/mol. The van der Waals surface area contributed by atoms with Crippen molar-refractivity contribution in [3.63, 3.8) is 0 Å². The van der Waals surface area contributed by atoms with Gasteiger partial charge in [-0.15, -0.1) is 0 Å². The summed E-state index contributed by atoms with van der Waals surface area (Å²) in [5.74, 6) is 0.201. The highest BCUT2D eigenvalue weighted by Gasteiger charge is 2.11. The number of rotatable bonds is 6. The van der Waals surface area contributed by atoms with Gasteiger partial charge in [-0.05, 0) is 19.5 Å². The van der Waals surface area contributed by atoms with Crippen LogP contribution in [0.3, 0.4) is 0 Å². The Balaban J connectivity index is 2.19. The van der Waals surface area contributed by atoms with Crippen LogP contribution in [0.25, 0.3) is 0 Å². The number of aromatic nitrogens is 2. The smallest absolute Gasteiger partial charge is 0.292 e. The molecular weight excluding hydrogens is 196 g/mol. The molecule has 15 heavy (non-hydrogen) atoms. The predicted octanol–water partition coefficient (Wildman–Crippen LogP) is 0.107. The summed E-state index contributed by atoms with van der Waals surface area (Å²) < 4.78 is 4.70. The van der Waals surface area contributed by atoms with Crippen LogP contribution >= 0.6 is 0 Å². The van der Waals surface area contributed by atoms with Crippen molar-refractivity contribution >= 4 is 5.91 Å². The summed E-state index contributed by atoms with van der Waals surface area (Å²) in [6.07, 6.45) is 0.885. The molecule has 0 saturated carbocycles. The Labute approximate surface area is 88.4 Å². The molecule has 0 fully saturated rings. The van der Waals surface area contributed by atoms with Gasteiger partial charge in [-0.3, -0.25) is 4.79 Å². The normalized spacial score (nSPS) is 10.3. The number of carbonyl (C=O) groups is 1. The molecule has 0 saturated heterocycles. The van der Waals surface area contributed by atoms with Gasteiger partial charge >= 0.3 is 0 Å². The van der Waals surface area contributed by atoms with E-state index in [1.165, 1.54) is 0 Å². The van der Waals surface area contributed by atoms with Crippen LogP contribution in [0.15, 0.2) is 4.52 Å². The third-order valence-corrected chi connectivity index (χ3v) is 1.80. The van der Waals surface area contributed by atoms with E-state index in [0.29, 0.717) is 12.4 Å². The van der Waals surface area contributed by atoms with Crippen molar-refractivity contribution in [1.29, 1.82) is 0 Å². The molecule has 0 unspecified atom stereocenters. The maximum atomic E-state index is 11.4. The Morgan fingerprint density at radius 3 is 2.87 bits per heavy atom. The molecule has 84 valence electrons. The van der Waals surface area contributed by atoms with E-state index in [1.54, 1.807) is 6.92 Å². The average Bonchev–Trinajstić information content (AvgIpc) is 2.64. The molecular formula is C9H16N4O2. The van der Waals surface area contributed by atoms with Gasteiger partial charge in [-0.25, -0.2) is 0 Å². The second-order valence-corrected chi connectivity index (χ2v) is 3.10. The van der Waals surface area contributed by atoms with Gasteiger partial charge in [0.1, 0.15) is 0 Å². The van der Waals surface area contributed by atoms with E-state index in [-0.39, 0.29) is 11.7 Å². The summed E-state index contributed by atoms with van der Waals surface area (Å²) in [6, 6.07) is 0. The second-order valence-electron chi connectivity index (χ2n) is 3.10. The van der Waals surface area contributed by atoms with Crippen LogP contribution in [0.1, 0.15) is 29.9 Å². The fourth-order valence-corrected chi connectivity index (χ4v) is 1.06. The van der Waals surface area contributed by atoms with Gasteiger partial charge in [-0.1, -0.05) is 12.1 Å². The Kier molecular flexibility index (Phi) is 4.76. The van der Waals surface area contributed by atoms with Crippen molar-refractivity contribution in [3.8, 4) is 0 Å². The first-order chi connectivity index (χ1) is 7.24. The molecule has 1 aromatic rings. The summed E-state index contributed by atoms with van der Waals surface area (Å²) in [5.41, 5.74) is 0. The van der Waals surface area contributed by atoms with E-state index in [4.69, 9.17) is 4.52 Å². The maximum absolute atomic E-state index is 11.4. The van der Waals surface area contributed by atoms with Crippen molar-refractivity contribution in [3.05, 3.63) is 11.7 Å². The molecule has 0 aromatic carbocycles. The highest BCUT2D eigenvalue weighted by molar-refractivity contribution is 5.90. The van der Waals surface area contributed by atoms with E-state index >= 15 is 0 Å². The lowest BCUT2D eigenvalue weighted by Gasteiger charge is -2.02. The zero-order valence-corrected chi connectivity index (χ0v) is 9.04. The molecule has 0 aliphatic rings. The zero-order chi connectivity index (χ0) is 11.1. The summed E-state index contributed by atoms with van der Waals surface area (Å²) in [5, 5.41) is 9.39. The average molecular weight is 212 g/mol. The fraction of sp³-hybridized carbons (Fsp3) is 0.667. The van der Waals surface area contributed by atoms with Crippen molar-refractivity contribution in [2.24, 2.45) is 0 Å². The summed E-state index contributed by atoms with van der Waals surface area (Å²) in [6.45, 7) is 6.13. The van der Waals surface area contributed by atoms with Gasteiger partial charge in [0, 0.05) is 13.5 Å². The highest BCUT2D eigenvalue weighted by Crippen LogP contribution is 1.93. The molecule has 1 amide bonds. The molecule has 2 N–H and O–H groups in total. The van der Waals surface area contributed by atoms with Gasteiger partial charge in [0.05, 0.1) is 0 Å². The van der Waals surface area contributed by atoms with Crippen molar-refractivity contribution in [1.82, 2.24) is 20.8 Å². The Morgan fingerprint density at radius 1 is 1.47 bits per heavy atom. The summed E-state index contributed by atoms with van der Waals surface area (Å²) in [4.78, 5) is 15.2. The molecule has 1 heterocycles. The zero-order valence-electron chi connectivity index (χ0n) is 9.04. The summed E-state index contributed by atoms with van der Waals surface area (Å²) in [7, 11) is 0. The SMILES string of the molecule is CCNCCCNC(=O)c1noc(C)n1. The Bertz CT molecular complexity index is 311. The molecule has 0 spiro atoms. The number of nitrogens with one attached hydrogen (secondary N) is 2. The van der Waals surface area contributed by atoms with E-state index < -0.39 is 0 Å². The van der Waals surface area contributed by atoms with Gasteiger partial charge in [0.25, 0.3) is 11.7 Å². The first kappa shape index (κ1) is 11.6. The van der Waals surface area contributed by atoms with Crippen LogP contribution in [0.5, 0.6) is 0 Å². The topological polar surface area (TPSA) is 80.0 Å². The molecule has 0 aliphatic heterocycles. The predicted molar refractivity (Wildman–Crippen MR) is 54.5 cm³/mol. The van der Waals surface area contributed by atoms with E-state index in [2.05, 4.69) is 20.8 Å². The molecule has 0 bridgehead atoms. The van der Waals surface area contributed by atoms with Crippen molar-refractivity contribution in [2.75, 3.05) is 19.6 Å². The lowest BCUT2D eigenvalue weighted by molar-refractivity contribution is 0.0940. The largest absolute Gasteiger partial charge is 0.349 e. The fourth-order valence-electron chi connectivity index (χ4n) is 1.06. The van der Waals surface area contributed by atoms with Crippen LogP contribution in [0, 0.1) is 6.92 Å². The van der Waals surface area contributed by atoms with Crippen LogP contribution < -0.4 is 10.6 Å². The van der Waals surface area contributed by atoms with E-state index in [1.807, 2.05) is 6.92 Å². The lowest BCUT2D eigenvalue weighted by Crippen LogP contribution is -2.28. The standard InChI is InChI=1S/C9H16N4O2/c1-3-10-5-4-6-11-9(14)8-12-7(2)15-13-8/h10H,3-6H2,1-2H3,(H,11,14). The first-order valence-electron chi connectivity index (χ1n) is 5.03. The summed E-state index contributed by atoms with van der Waals surface area (Å²) >= 11 is 0. The number of amides is 1. The van der Waals surface area contributed by atoms with Gasteiger partial charge < -0.3 is 15.2 Å². The number of aryl methyl sites for hydroxylation is 1. The molecule has 1 aromatic heterocycles. The van der Waals surface area contributed by atoms with Crippen LogP contribution in [-0.4, -0.2) is 35.7 Å². The van der Waals surface area contributed by atoms with E-state index in [9.17, 15) is 4.79 Å². The second kappa shape index (κ2) is 6.13. The van der Waals surface area contributed by atoms with Gasteiger partial charge in [0.2, 0.25) is 5.89 Å². The number of carbonyl (C=O) groups excluding carboxylic acids is 1. The Morgan fingerprint density at radius 2 is 2.27 bits per heavy atom. The number of nitrogens with zero attached hydrogens (tertiary/aromatic N) is 2. The molecule has 0 atom stereocenters. The quantitative estimate of drug-likeness (QED) is 0.654. The minimum atomic E-state index is -0.289. The molecule has 6 nitrogen and oxygen atoms in total. The molecule has 6 heteroatoms. The minimum Gasteiger partial charge on any atom is -0.349 e. The molecule has 0 aliphatic carbocycles. The lowest BCUT2D eigenvalue weighted by atomic mass is 10.4. The third-order valence-electron chi connectivity index (χ3n) is 1.80. The minimum absolute atomic E-state index is 0.0935. The van der Waals surface area contributed by atoms with Gasteiger partial charge in [0.15, 0.2) is 0 Å². The van der Waals surface area contributed by atoms with Gasteiger partial charge in [-0.2, -0.15) is 4.98 Å².